The van der Waals surface area contributed by atoms with E-state index in [1.807, 2.05) is 39.8 Å². The number of nitrogen functional groups attached to an aromatic ring is 1. The summed E-state index contributed by atoms with van der Waals surface area (Å²) >= 11 is 0. The van der Waals surface area contributed by atoms with Crippen LogP contribution in [0.3, 0.4) is 0 Å². The van der Waals surface area contributed by atoms with E-state index in [1.165, 1.54) is 5.01 Å². The van der Waals surface area contributed by atoms with Crippen molar-refractivity contribution < 1.29 is 0 Å². The molecule has 0 aliphatic heterocycles. The molecule has 0 bridgehead atoms. The molecule has 0 saturated heterocycles. The molecule has 1 aromatic heterocycles. The maximum atomic E-state index is 5.83. The number of hydrogen-bond acceptors (Lipinski definition) is 6. The first-order valence-corrected chi connectivity index (χ1v) is 6.00. The second kappa shape index (κ2) is 7.50. The number of hydrogen-bond donors (Lipinski definition) is 2. The van der Waals surface area contributed by atoms with Gasteiger partial charge >= 0.3 is 0 Å². The lowest BCUT2D eigenvalue weighted by atomic mass is 10.2. The van der Waals surface area contributed by atoms with Crippen LogP contribution in [0.25, 0.3) is 6.08 Å². The Labute approximate surface area is 109 Å². The average molecular weight is 252 g/mol. The Bertz CT molecular complexity index is 388. The summed E-state index contributed by atoms with van der Waals surface area (Å²) in [6.07, 6.45) is 1.68. The molecule has 0 fully saturated rings. The zero-order valence-corrected chi connectivity index (χ0v) is 11.9. The van der Waals surface area contributed by atoms with Crippen molar-refractivity contribution in [3.05, 3.63) is 12.1 Å². The first-order chi connectivity index (χ1) is 8.51. The number of nitrogens with zero attached hydrogens (tertiary/aromatic N) is 4. The molecular formula is C12H24N6. The van der Waals surface area contributed by atoms with Gasteiger partial charge in [-0.05, 0) is 6.92 Å². The minimum Gasteiger partial charge on any atom is -0.368 e. The van der Waals surface area contributed by atoms with Gasteiger partial charge in [-0.25, -0.2) is 5.84 Å². The molecule has 0 aliphatic carbocycles. The second-order valence-corrected chi connectivity index (χ2v) is 3.53. The van der Waals surface area contributed by atoms with Crippen LogP contribution < -0.4 is 21.5 Å². The fourth-order valence-corrected chi connectivity index (χ4v) is 1.35. The van der Waals surface area contributed by atoms with Crippen LogP contribution in [0.2, 0.25) is 0 Å². The fourth-order valence-electron chi connectivity index (χ4n) is 1.35. The lowest BCUT2D eigenvalue weighted by molar-refractivity contribution is 0.860. The quantitative estimate of drug-likeness (QED) is 0.624. The number of nitrogens with two attached hydrogens (primary N) is 2. The molecule has 0 aliphatic rings. The summed E-state index contributed by atoms with van der Waals surface area (Å²) in [5.41, 5.74) is 6.43. The second-order valence-electron chi connectivity index (χ2n) is 3.53. The van der Waals surface area contributed by atoms with Crippen molar-refractivity contribution in [1.29, 1.82) is 0 Å². The van der Waals surface area contributed by atoms with Gasteiger partial charge in [0.05, 0.1) is 5.56 Å². The fraction of sp³-hybridized carbons (Fsp3) is 0.500. The molecular weight excluding hydrogens is 228 g/mol. The molecule has 0 amide bonds. The van der Waals surface area contributed by atoms with Gasteiger partial charge in [0.25, 0.3) is 0 Å². The van der Waals surface area contributed by atoms with Crippen molar-refractivity contribution in [3.8, 4) is 0 Å². The largest absolute Gasteiger partial charge is 0.368 e. The van der Waals surface area contributed by atoms with Crippen molar-refractivity contribution in [2.24, 2.45) is 5.84 Å². The predicted molar refractivity (Wildman–Crippen MR) is 79.4 cm³/mol. The van der Waals surface area contributed by atoms with Gasteiger partial charge in [-0.2, -0.15) is 9.97 Å². The molecule has 102 valence electrons. The number of aromatic nitrogens is 2. The monoisotopic (exact) mass is 252 g/mol. The summed E-state index contributed by atoms with van der Waals surface area (Å²) in [4.78, 5) is 10.1. The van der Waals surface area contributed by atoms with E-state index in [-0.39, 0.29) is 5.95 Å². The summed E-state index contributed by atoms with van der Waals surface area (Å²) in [6, 6.07) is 0. The van der Waals surface area contributed by atoms with Crippen LogP contribution in [-0.2, 0) is 0 Å². The van der Waals surface area contributed by atoms with Crippen molar-refractivity contribution in [2.75, 3.05) is 36.3 Å². The average Bonchev–Trinajstić information content (AvgIpc) is 2.38. The van der Waals surface area contributed by atoms with Crippen LogP contribution in [0.5, 0.6) is 0 Å². The van der Waals surface area contributed by atoms with Crippen molar-refractivity contribution >= 4 is 23.7 Å². The van der Waals surface area contributed by atoms with Gasteiger partial charge in [0.1, 0.15) is 5.82 Å². The van der Waals surface area contributed by atoms with E-state index in [1.54, 1.807) is 6.08 Å². The van der Waals surface area contributed by atoms with Crippen LogP contribution in [-0.4, -0.2) is 30.6 Å². The molecule has 0 aromatic carbocycles. The minimum atomic E-state index is 0.202. The van der Waals surface area contributed by atoms with Gasteiger partial charge in [0.15, 0.2) is 5.82 Å². The van der Waals surface area contributed by atoms with E-state index in [0.29, 0.717) is 18.2 Å². The zero-order chi connectivity index (χ0) is 14.3. The van der Waals surface area contributed by atoms with Crippen LogP contribution in [0.4, 0.5) is 17.6 Å². The number of anilines is 3. The maximum absolute atomic E-state index is 5.83. The topological polar surface area (TPSA) is 84.3 Å². The van der Waals surface area contributed by atoms with Crippen molar-refractivity contribution in [3.63, 3.8) is 0 Å². The maximum Gasteiger partial charge on any atom is 0.224 e. The van der Waals surface area contributed by atoms with Crippen LogP contribution in [0.1, 0.15) is 26.3 Å². The molecule has 1 aromatic rings. The smallest absolute Gasteiger partial charge is 0.224 e. The highest BCUT2D eigenvalue weighted by molar-refractivity contribution is 5.74. The normalized spacial score (nSPS) is 9.22. The van der Waals surface area contributed by atoms with Gasteiger partial charge in [-0.15, -0.1) is 0 Å². The minimum absolute atomic E-state index is 0.202. The molecule has 4 N–H and O–H groups in total. The molecule has 0 radical (unpaired) electrons. The molecule has 0 spiro atoms. The first kappa shape index (κ1) is 16.2. The lowest BCUT2D eigenvalue weighted by Crippen LogP contribution is -2.32. The molecule has 6 heteroatoms. The Kier molecular flexibility index (Phi) is 6.74. The van der Waals surface area contributed by atoms with Gasteiger partial charge in [-0.1, -0.05) is 26.5 Å². The molecule has 1 heterocycles. The third-order valence-corrected chi connectivity index (χ3v) is 2.16. The Morgan fingerprint density at radius 1 is 1.22 bits per heavy atom. The van der Waals surface area contributed by atoms with E-state index in [9.17, 15) is 0 Å². The van der Waals surface area contributed by atoms with Crippen LogP contribution in [0.15, 0.2) is 6.58 Å². The summed E-state index contributed by atoms with van der Waals surface area (Å²) in [5, 5.41) is 1.52. The van der Waals surface area contributed by atoms with Crippen LogP contribution in [0, 0.1) is 0 Å². The molecule has 18 heavy (non-hydrogen) atoms. The SMILES string of the molecule is C=Cc1c(N(C)C)nc(N)nc1N(N)CC.CC. The van der Waals surface area contributed by atoms with E-state index in [2.05, 4.69) is 16.5 Å². The van der Waals surface area contributed by atoms with Crippen LogP contribution >= 0.6 is 0 Å². The summed E-state index contributed by atoms with van der Waals surface area (Å²) < 4.78 is 0. The third-order valence-electron chi connectivity index (χ3n) is 2.16. The lowest BCUT2D eigenvalue weighted by Gasteiger charge is -2.22. The summed E-state index contributed by atoms with van der Waals surface area (Å²) in [7, 11) is 3.76. The standard InChI is InChI=1S/C10H18N6.C2H6/c1-5-7-8(15(3)4)13-10(11)14-9(7)16(12)6-2;1-2/h5H,1,6,12H2,2-4H3,(H2,11,13,14);1-2H3. The molecule has 0 unspecified atom stereocenters. The van der Waals surface area contributed by atoms with Crippen molar-refractivity contribution in [2.45, 2.75) is 20.8 Å². The Hall–Kier alpha value is -1.82. The predicted octanol–water partition coefficient (Wildman–Crippen LogP) is 1.49. The molecule has 6 nitrogen and oxygen atoms in total. The van der Waals surface area contributed by atoms with Crippen molar-refractivity contribution in [1.82, 2.24) is 9.97 Å². The van der Waals surface area contributed by atoms with E-state index >= 15 is 0 Å². The Morgan fingerprint density at radius 2 is 1.72 bits per heavy atom. The molecule has 1 rings (SSSR count). The third kappa shape index (κ3) is 3.59. The number of hydrazine groups is 1. The van der Waals surface area contributed by atoms with E-state index in [0.717, 1.165) is 5.56 Å². The number of rotatable bonds is 4. The van der Waals surface area contributed by atoms with Gasteiger partial charge in [0, 0.05) is 20.6 Å². The molecule has 0 saturated carbocycles. The Morgan fingerprint density at radius 3 is 2.11 bits per heavy atom. The zero-order valence-electron chi connectivity index (χ0n) is 11.9. The van der Waals surface area contributed by atoms with E-state index in [4.69, 9.17) is 11.6 Å². The highest BCUT2D eigenvalue weighted by Gasteiger charge is 2.15. The summed E-state index contributed by atoms with van der Waals surface area (Å²) in [5.74, 6) is 7.33. The van der Waals surface area contributed by atoms with Gasteiger partial charge in [0.2, 0.25) is 5.95 Å². The van der Waals surface area contributed by atoms with Gasteiger partial charge in [-0.3, -0.25) is 5.01 Å². The van der Waals surface area contributed by atoms with Gasteiger partial charge < -0.3 is 10.6 Å². The van der Waals surface area contributed by atoms with E-state index < -0.39 is 0 Å². The summed E-state index contributed by atoms with van der Waals surface area (Å²) in [6.45, 7) is 10.3. The Balaban J connectivity index is 0.00000137. The highest BCUT2D eigenvalue weighted by Crippen LogP contribution is 2.26. The first-order valence-electron chi connectivity index (χ1n) is 6.00. The highest BCUT2D eigenvalue weighted by atomic mass is 15.4. The molecule has 0 atom stereocenters.